The number of para-hydroxylation sites is 2. The Hall–Kier alpha value is -6.54. The molecule has 8 heteroatoms. The van der Waals surface area contributed by atoms with Crippen molar-refractivity contribution in [2.75, 3.05) is 0 Å². The van der Waals surface area contributed by atoms with Gasteiger partial charge in [0.15, 0.2) is 23.3 Å². The predicted octanol–water partition coefficient (Wildman–Crippen LogP) is 12.5. The average molecular weight is 793 g/mol. The summed E-state index contributed by atoms with van der Waals surface area (Å²) < 4.78 is 8.93. The van der Waals surface area contributed by atoms with Crippen LogP contribution in [0.5, 0.6) is 0 Å². The summed E-state index contributed by atoms with van der Waals surface area (Å²) >= 11 is 0. The van der Waals surface area contributed by atoms with Crippen molar-refractivity contribution < 1.29 is 0 Å². The van der Waals surface area contributed by atoms with Crippen LogP contribution >= 0.6 is 0 Å². The maximum absolute atomic E-state index is 5.36. The topological polar surface area (TPSA) is 71.3 Å². The second-order valence-electron chi connectivity index (χ2n) is 17.0. The van der Waals surface area contributed by atoms with Crippen molar-refractivity contribution in [2.24, 2.45) is 0 Å². The molecular weight excluding hydrogens is 737 g/mol. The molecule has 0 N–H and O–H groups in total. The van der Waals surface area contributed by atoms with E-state index in [2.05, 4.69) is 195 Å². The van der Waals surface area contributed by atoms with Gasteiger partial charge in [-0.25, -0.2) is 19.9 Å². The van der Waals surface area contributed by atoms with E-state index in [4.69, 9.17) is 19.9 Å². The fraction of sp³-hybridized carbons (Fsp3) is 0.269. The van der Waals surface area contributed by atoms with Crippen LogP contribution < -0.4 is 0 Å². The zero-order chi connectivity index (χ0) is 41.9. The maximum atomic E-state index is 5.36. The van der Waals surface area contributed by atoms with Gasteiger partial charge in [0.2, 0.25) is 0 Å². The number of aromatic nitrogens is 8. The third-order valence-corrected chi connectivity index (χ3v) is 11.3. The van der Waals surface area contributed by atoms with Gasteiger partial charge >= 0.3 is 0 Å². The molecule has 0 aliphatic heterocycles. The Morgan fingerprint density at radius 1 is 0.433 bits per heavy atom. The SMILES string of the molecule is CC(C)c1cccc(C(C)C)c1-n1cc(/C=C/c2cn(-c3c(C(C)C)cccc3C(C)C)c(-c3nccn3Cc3ccccc3)n2)nc1-c1nccn1Cc1ccccc1. The molecule has 0 saturated carbocycles. The van der Waals surface area contributed by atoms with E-state index in [1.54, 1.807) is 0 Å². The zero-order valence-electron chi connectivity index (χ0n) is 36.2. The van der Waals surface area contributed by atoms with Gasteiger partial charge in [-0.2, -0.15) is 0 Å². The van der Waals surface area contributed by atoms with Crippen LogP contribution in [-0.2, 0) is 13.1 Å². The summed E-state index contributed by atoms with van der Waals surface area (Å²) in [5, 5.41) is 0. The van der Waals surface area contributed by atoms with E-state index in [0.717, 1.165) is 34.7 Å². The first-order valence-corrected chi connectivity index (χ1v) is 21.3. The molecule has 0 aliphatic rings. The van der Waals surface area contributed by atoms with Gasteiger partial charge in [0.25, 0.3) is 0 Å². The van der Waals surface area contributed by atoms with Gasteiger partial charge in [-0.15, -0.1) is 0 Å². The molecule has 0 amide bonds. The summed E-state index contributed by atoms with van der Waals surface area (Å²) in [7, 11) is 0. The zero-order valence-corrected chi connectivity index (χ0v) is 36.2. The summed E-state index contributed by atoms with van der Waals surface area (Å²) in [4.78, 5) is 20.6. The Morgan fingerprint density at radius 3 is 1.12 bits per heavy atom. The van der Waals surface area contributed by atoms with E-state index in [1.807, 2.05) is 24.8 Å². The molecule has 0 unspecified atom stereocenters. The summed E-state index contributed by atoms with van der Waals surface area (Å²) in [6, 6.07) is 34.4. The van der Waals surface area contributed by atoms with Gasteiger partial charge < -0.3 is 9.13 Å². The maximum Gasteiger partial charge on any atom is 0.181 e. The third kappa shape index (κ3) is 8.19. The summed E-state index contributed by atoms with van der Waals surface area (Å²) in [6.45, 7) is 19.5. The molecule has 8 nitrogen and oxygen atoms in total. The number of hydrogen-bond donors (Lipinski definition) is 0. The Labute approximate surface area is 355 Å². The normalized spacial score (nSPS) is 12.0. The largest absolute Gasteiger partial charge is 0.324 e. The molecule has 0 fully saturated rings. The van der Waals surface area contributed by atoms with Crippen molar-refractivity contribution in [2.45, 2.75) is 92.2 Å². The van der Waals surface area contributed by atoms with E-state index in [9.17, 15) is 0 Å². The predicted molar refractivity (Wildman–Crippen MR) is 246 cm³/mol. The Kier molecular flexibility index (Phi) is 11.6. The van der Waals surface area contributed by atoms with Gasteiger partial charge in [0.1, 0.15) is 0 Å². The minimum absolute atomic E-state index is 0.304. The Morgan fingerprint density at radius 2 is 0.783 bits per heavy atom. The first kappa shape index (κ1) is 40.2. The van der Waals surface area contributed by atoms with Crippen molar-refractivity contribution in [1.29, 1.82) is 0 Å². The van der Waals surface area contributed by atoms with E-state index >= 15 is 0 Å². The van der Waals surface area contributed by atoms with Crippen LogP contribution in [0.25, 0.3) is 46.8 Å². The first-order valence-electron chi connectivity index (χ1n) is 21.3. The van der Waals surface area contributed by atoms with Gasteiger partial charge in [-0.3, -0.25) is 9.13 Å². The van der Waals surface area contributed by atoms with Crippen molar-refractivity contribution in [1.82, 2.24) is 38.2 Å². The van der Waals surface area contributed by atoms with Crippen LogP contribution in [0.2, 0.25) is 0 Å². The second kappa shape index (κ2) is 17.4. The van der Waals surface area contributed by atoms with E-state index in [1.165, 1.54) is 44.8 Å². The molecule has 0 atom stereocenters. The lowest BCUT2D eigenvalue weighted by Crippen LogP contribution is -2.10. The highest BCUT2D eigenvalue weighted by molar-refractivity contribution is 5.71. The number of imidazole rings is 4. The number of rotatable bonds is 14. The molecule has 0 bridgehead atoms. The minimum Gasteiger partial charge on any atom is -0.324 e. The van der Waals surface area contributed by atoms with Crippen LogP contribution in [0.1, 0.15) is 124 Å². The van der Waals surface area contributed by atoms with Gasteiger partial charge in [0, 0.05) is 50.3 Å². The highest BCUT2D eigenvalue weighted by Gasteiger charge is 2.24. The summed E-state index contributed by atoms with van der Waals surface area (Å²) in [5.41, 5.74) is 11.5. The van der Waals surface area contributed by atoms with E-state index in [-0.39, 0.29) is 0 Å². The van der Waals surface area contributed by atoms with Crippen LogP contribution in [0.4, 0.5) is 0 Å². The molecule has 8 rings (SSSR count). The van der Waals surface area contributed by atoms with E-state index < -0.39 is 0 Å². The third-order valence-electron chi connectivity index (χ3n) is 11.3. The van der Waals surface area contributed by atoms with E-state index in [0.29, 0.717) is 36.8 Å². The quantitative estimate of drug-likeness (QED) is 0.110. The second-order valence-corrected chi connectivity index (χ2v) is 17.0. The summed E-state index contributed by atoms with van der Waals surface area (Å²) in [6.07, 6.45) is 16.3. The minimum atomic E-state index is 0.304. The van der Waals surface area contributed by atoms with Gasteiger partial charge in [0.05, 0.1) is 22.8 Å². The van der Waals surface area contributed by atoms with Crippen molar-refractivity contribution in [3.05, 3.63) is 179 Å². The fourth-order valence-electron chi connectivity index (χ4n) is 8.21. The lowest BCUT2D eigenvalue weighted by atomic mass is 9.92. The molecule has 0 radical (unpaired) electrons. The molecule has 4 heterocycles. The molecule has 304 valence electrons. The van der Waals surface area contributed by atoms with Crippen LogP contribution in [0, 0.1) is 0 Å². The molecular formula is C52H56N8. The van der Waals surface area contributed by atoms with Crippen molar-refractivity contribution >= 4 is 12.2 Å². The highest BCUT2D eigenvalue weighted by Crippen LogP contribution is 2.37. The first-order chi connectivity index (χ1) is 29.1. The smallest absolute Gasteiger partial charge is 0.181 e. The lowest BCUT2D eigenvalue weighted by molar-refractivity contribution is 0.783. The van der Waals surface area contributed by atoms with Crippen LogP contribution in [-0.4, -0.2) is 38.2 Å². The molecule has 0 aliphatic carbocycles. The average Bonchev–Trinajstić information content (AvgIpc) is 4.07. The van der Waals surface area contributed by atoms with Gasteiger partial charge in [-0.1, -0.05) is 152 Å². The van der Waals surface area contributed by atoms with Crippen molar-refractivity contribution in [3.63, 3.8) is 0 Å². The standard InChI is InChI=1S/C52H56N8/c1-35(2)43-21-15-22-44(36(3)4)47(43)59-33-41(55-51(59)49-53-27-29-57(49)31-39-17-11-9-12-18-39)25-26-42-34-60(48-45(37(5)6)23-16-24-46(48)38(7)8)52(56-42)50-54-28-30-58(50)32-40-19-13-10-14-20-40/h9-30,33-38H,31-32H2,1-8H3/b26-25+. The lowest BCUT2D eigenvalue weighted by Gasteiger charge is -2.21. The Bertz CT molecular complexity index is 2480. The fourth-order valence-corrected chi connectivity index (χ4v) is 8.21. The Balaban J connectivity index is 1.29. The van der Waals surface area contributed by atoms with Crippen LogP contribution in [0.15, 0.2) is 134 Å². The highest BCUT2D eigenvalue weighted by atomic mass is 15.2. The molecule has 0 spiro atoms. The number of hydrogen-bond acceptors (Lipinski definition) is 4. The molecule has 60 heavy (non-hydrogen) atoms. The molecule has 8 aromatic rings. The summed E-state index contributed by atoms with van der Waals surface area (Å²) in [5.74, 6) is 4.44. The van der Waals surface area contributed by atoms with Gasteiger partial charge in [-0.05, 0) is 69.2 Å². The molecule has 4 aromatic carbocycles. The molecule has 4 aromatic heterocycles. The number of benzene rings is 4. The van der Waals surface area contributed by atoms with Crippen LogP contribution in [0.3, 0.4) is 0 Å². The monoisotopic (exact) mass is 792 g/mol. The molecule has 0 saturated heterocycles. The number of nitrogens with zero attached hydrogens (tertiary/aromatic N) is 8. The van der Waals surface area contributed by atoms with Crippen molar-refractivity contribution in [3.8, 4) is 34.7 Å².